The SMILES string of the molecule is CC(C)COc1ccc(NC(=O)c2nn(C)c(=O)c3ccccc23)cc1Cl. The molecule has 6 nitrogen and oxygen atoms in total. The van der Waals surface area contributed by atoms with Crippen molar-refractivity contribution >= 4 is 34.0 Å². The van der Waals surface area contributed by atoms with Crippen molar-refractivity contribution in [3.63, 3.8) is 0 Å². The third kappa shape index (κ3) is 4.11. The number of benzene rings is 2. The summed E-state index contributed by atoms with van der Waals surface area (Å²) in [4.78, 5) is 24.9. The molecule has 0 aliphatic rings. The molecule has 2 aromatic carbocycles. The zero-order valence-corrected chi connectivity index (χ0v) is 16.1. The molecule has 0 atom stereocenters. The van der Waals surface area contributed by atoms with Crippen LogP contribution in [0.25, 0.3) is 10.8 Å². The lowest BCUT2D eigenvalue weighted by molar-refractivity contribution is 0.102. The molecule has 0 unspecified atom stereocenters. The van der Waals surface area contributed by atoms with Gasteiger partial charge in [0.1, 0.15) is 5.75 Å². The van der Waals surface area contributed by atoms with E-state index >= 15 is 0 Å². The van der Waals surface area contributed by atoms with Crippen molar-refractivity contribution < 1.29 is 9.53 Å². The van der Waals surface area contributed by atoms with E-state index in [9.17, 15) is 9.59 Å². The molecule has 1 amide bonds. The zero-order valence-electron chi connectivity index (χ0n) is 15.3. The van der Waals surface area contributed by atoms with Gasteiger partial charge in [-0.05, 0) is 30.2 Å². The molecule has 3 rings (SSSR count). The highest BCUT2D eigenvalue weighted by atomic mass is 35.5. The number of hydrogen-bond donors (Lipinski definition) is 1. The molecule has 1 N–H and O–H groups in total. The number of nitrogens with one attached hydrogen (secondary N) is 1. The first kappa shape index (κ1) is 18.9. The summed E-state index contributed by atoms with van der Waals surface area (Å²) >= 11 is 6.25. The molecule has 27 heavy (non-hydrogen) atoms. The first-order valence-corrected chi connectivity index (χ1v) is 8.94. The standard InChI is InChI=1S/C20H20ClN3O3/c1-12(2)11-27-17-9-8-13(10-16(17)21)22-19(25)18-14-6-4-5-7-15(14)20(26)24(3)23-18/h4-10,12H,11H2,1-3H3,(H,22,25). The van der Waals surface area contributed by atoms with Crippen LogP contribution in [0.15, 0.2) is 47.3 Å². The lowest BCUT2D eigenvalue weighted by Crippen LogP contribution is -2.25. The molecule has 3 aromatic rings. The second-order valence-electron chi connectivity index (χ2n) is 6.63. The van der Waals surface area contributed by atoms with E-state index in [1.54, 1.807) is 42.5 Å². The Kier molecular flexibility index (Phi) is 5.46. The largest absolute Gasteiger partial charge is 0.492 e. The normalized spacial score (nSPS) is 11.0. The van der Waals surface area contributed by atoms with Gasteiger partial charge >= 0.3 is 0 Å². The maximum atomic E-state index is 12.7. The molecule has 0 radical (unpaired) electrons. The van der Waals surface area contributed by atoms with Gasteiger partial charge in [0.25, 0.3) is 11.5 Å². The highest BCUT2D eigenvalue weighted by molar-refractivity contribution is 6.32. The highest BCUT2D eigenvalue weighted by Crippen LogP contribution is 2.28. The first-order chi connectivity index (χ1) is 12.9. The van der Waals surface area contributed by atoms with Gasteiger partial charge in [0.05, 0.1) is 17.0 Å². The van der Waals surface area contributed by atoms with Gasteiger partial charge in [0.15, 0.2) is 5.69 Å². The van der Waals surface area contributed by atoms with Gasteiger partial charge < -0.3 is 10.1 Å². The third-order valence-corrected chi connectivity index (χ3v) is 4.23. The minimum Gasteiger partial charge on any atom is -0.492 e. The minimum absolute atomic E-state index is 0.170. The predicted octanol–water partition coefficient (Wildman–Crippen LogP) is 3.87. The Morgan fingerprint density at radius 3 is 2.59 bits per heavy atom. The molecular weight excluding hydrogens is 366 g/mol. The van der Waals surface area contributed by atoms with Crippen LogP contribution >= 0.6 is 11.6 Å². The number of carbonyl (C=O) groups is 1. The van der Waals surface area contributed by atoms with E-state index in [1.165, 1.54) is 7.05 Å². The van der Waals surface area contributed by atoms with Crippen LogP contribution in [0.5, 0.6) is 5.75 Å². The van der Waals surface area contributed by atoms with Crippen molar-refractivity contribution in [2.75, 3.05) is 11.9 Å². The maximum absolute atomic E-state index is 12.7. The van der Waals surface area contributed by atoms with Crippen LogP contribution in [-0.4, -0.2) is 22.3 Å². The van der Waals surface area contributed by atoms with E-state index in [4.69, 9.17) is 16.3 Å². The van der Waals surface area contributed by atoms with Crippen LogP contribution < -0.4 is 15.6 Å². The van der Waals surface area contributed by atoms with Crippen molar-refractivity contribution in [1.82, 2.24) is 9.78 Å². The molecule has 0 fully saturated rings. The van der Waals surface area contributed by atoms with E-state index in [1.807, 2.05) is 13.8 Å². The van der Waals surface area contributed by atoms with Crippen molar-refractivity contribution in [2.24, 2.45) is 13.0 Å². The molecule has 0 aliphatic carbocycles. The number of carbonyl (C=O) groups excluding carboxylic acids is 1. The molecule has 0 saturated heterocycles. The number of aromatic nitrogens is 2. The number of aryl methyl sites for hydroxylation is 1. The number of amides is 1. The molecule has 0 aliphatic heterocycles. The fraction of sp³-hybridized carbons (Fsp3) is 0.250. The predicted molar refractivity (Wildman–Crippen MR) is 107 cm³/mol. The van der Waals surface area contributed by atoms with Gasteiger partial charge in [-0.1, -0.05) is 43.6 Å². The van der Waals surface area contributed by atoms with Crippen LogP contribution in [0.3, 0.4) is 0 Å². The van der Waals surface area contributed by atoms with Crippen LogP contribution in [0.1, 0.15) is 24.3 Å². The highest BCUT2D eigenvalue weighted by Gasteiger charge is 2.16. The smallest absolute Gasteiger partial charge is 0.276 e. The van der Waals surface area contributed by atoms with E-state index in [0.717, 1.165) is 4.68 Å². The van der Waals surface area contributed by atoms with E-state index in [0.29, 0.717) is 39.8 Å². The fourth-order valence-corrected chi connectivity index (χ4v) is 2.84. The van der Waals surface area contributed by atoms with Crippen molar-refractivity contribution in [2.45, 2.75) is 13.8 Å². The number of nitrogens with zero attached hydrogens (tertiary/aromatic N) is 2. The Hall–Kier alpha value is -2.86. The Morgan fingerprint density at radius 2 is 1.93 bits per heavy atom. The van der Waals surface area contributed by atoms with Gasteiger partial charge in [0, 0.05) is 18.1 Å². The summed E-state index contributed by atoms with van der Waals surface area (Å²) in [5.41, 5.74) is 0.433. The number of anilines is 1. The van der Waals surface area contributed by atoms with Gasteiger partial charge in [-0.3, -0.25) is 9.59 Å². The number of halogens is 1. The molecule has 0 saturated carbocycles. The third-order valence-electron chi connectivity index (χ3n) is 3.93. The average molecular weight is 386 g/mol. The average Bonchev–Trinajstić information content (AvgIpc) is 2.64. The molecule has 0 spiro atoms. The monoisotopic (exact) mass is 385 g/mol. The molecule has 1 aromatic heterocycles. The Balaban J connectivity index is 1.88. The Labute approximate surface area is 161 Å². The molecular formula is C20H20ClN3O3. The van der Waals surface area contributed by atoms with E-state index in [2.05, 4.69) is 10.4 Å². The van der Waals surface area contributed by atoms with E-state index < -0.39 is 5.91 Å². The van der Waals surface area contributed by atoms with Gasteiger partial charge in [-0.15, -0.1) is 0 Å². The topological polar surface area (TPSA) is 73.2 Å². The lowest BCUT2D eigenvalue weighted by Gasteiger charge is -2.12. The number of fused-ring (bicyclic) bond motifs is 1. The second-order valence-corrected chi connectivity index (χ2v) is 7.03. The van der Waals surface area contributed by atoms with Crippen molar-refractivity contribution in [3.8, 4) is 5.75 Å². The molecule has 7 heteroatoms. The zero-order chi connectivity index (χ0) is 19.6. The van der Waals surface area contributed by atoms with Crippen LogP contribution in [0.2, 0.25) is 5.02 Å². The summed E-state index contributed by atoms with van der Waals surface area (Å²) in [5.74, 6) is 0.521. The van der Waals surface area contributed by atoms with Crippen LogP contribution in [-0.2, 0) is 7.05 Å². The summed E-state index contributed by atoms with van der Waals surface area (Å²) in [6.45, 7) is 4.65. The molecule has 1 heterocycles. The van der Waals surface area contributed by atoms with Crippen molar-refractivity contribution in [1.29, 1.82) is 0 Å². The first-order valence-electron chi connectivity index (χ1n) is 8.56. The summed E-state index contributed by atoms with van der Waals surface area (Å²) < 4.78 is 6.79. The second kappa shape index (κ2) is 7.80. The van der Waals surface area contributed by atoms with E-state index in [-0.39, 0.29) is 11.3 Å². The fourth-order valence-electron chi connectivity index (χ4n) is 2.61. The lowest BCUT2D eigenvalue weighted by atomic mass is 10.1. The summed E-state index contributed by atoms with van der Waals surface area (Å²) in [6, 6.07) is 11.9. The summed E-state index contributed by atoms with van der Waals surface area (Å²) in [5, 5.41) is 8.24. The van der Waals surface area contributed by atoms with Gasteiger partial charge in [-0.2, -0.15) is 5.10 Å². The number of rotatable bonds is 5. The van der Waals surface area contributed by atoms with Gasteiger partial charge in [-0.25, -0.2) is 4.68 Å². The van der Waals surface area contributed by atoms with Crippen LogP contribution in [0, 0.1) is 5.92 Å². The minimum atomic E-state index is -0.422. The quantitative estimate of drug-likeness (QED) is 0.723. The maximum Gasteiger partial charge on any atom is 0.276 e. The van der Waals surface area contributed by atoms with Crippen LogP contribution in [0.4, 0.5) is 5.69 Å². The number of hydrogen-bond acceptors (Lipinski definition) is 4. The summed E-state index contributed by atoms with van der Waals surface area (Å²) in [6.07, 6.45) is 0. The number of ether oxygens (including phenoxy) is 1. The summed E-state index contributed by atoms with van der Waals surface area (Å²) in [7, 11) is 1.52. The van der Waals surface area contributed by atoms with Crippen molar-refractivity contribution in [3.05, 3.63) is 63.5 Å². The molecule has 0 bridgehead atoms. The van der Waals surface area contributed by atoms with Gasteiger partial charge in [0.2, 0.25) is 0 Å². The Bertz CT molecular complexity index is 1060. The Morgan fingerprint density at radius 1 is 1.22 bits per heavy atom. The molecule has 140 valence electrons.